The minimum absolute atomic E-state index is 0.0482. The van der Waals surface area contributed by atoms with Gasteiger partial charge in [-0.1, -0.05) is 55.5 Å². The summed E-state index contributed by atoms with van der Waals surface area (Å²) >= 11 is 1.25. The highest BCUT2D eigenvalue weighted by molar-refractivity contribution is 7.18. The summed E-state index contributed by atoms with van der Waals surface area (Å²) in [5, 5.41) is 9.48. The van der Waals surface area contributed by atoms with Crippen LogP contribution >= 0.6 is 11.3 Å². The summed E-state index contributed by atoms with van der Waals surface area (Å²) in [5.41, 5.74) is 1.07. The average Bonchev–Trinajstić information content (AvgIpc) is 3.07. The van der Waals surface area contributed by atoms with Crippen LogP contribution in [0.5, 0.6) is 5.06 Å². The van der Waals surface area contributed by atoms with E-state index >= 15 is 0 Å². The number of thiophene rings is 1. The second kappa shape index (κ2) is 8.57. The van der Waals surface area contributed by atoms with Gasteiger partial charge < -0.3 is 14.7 Å². The molecule has 156 valence electrons. The Morgan fingerprint density at radius 1 is 1.21 bits per heavy atom. The van der Waals surface area contributed by atoms with Gasteiger partial charge in [0, 0.05) is 16.3 Å². The van der Waals surface area contributed by atoms with Crippen molar-refractivity contribution in [2.24, 2.45) is 11.3 Å². The van der Waals surface area contributed by atoms with Gasteiger partial charge in [0.05, 0.1) is 5.69 Å². The molecule has 0 saturated heterocycles. The lowest BCUT2D eigenvalue weighted by atomic mass is 9.71. The Balaban J connectivity index is 2.03. The summed E-state index contributed by atoms with van der Waals surface area (Å²) in [5.74, 6) is 0.687. The molecule has 0 spiro atoms. The molecule has 3 rings (SSSR count). The lowest BCUT2D eigenvalue weighted by molar-refractivity contribution is -0.129. The van der Waals surface area contributed by atoms with E-state index < -0.39 is 11.6 Å². The van der Waals surface area contributed by atoms with E-state index in [9.17, 15) is 14.7 Å². The molecule has 0 aliphatic heterocycles. The molecule has 1 amide bonds. The van der Waals surface area contributed by atoms with Crippen molar-refractivity contribution in [3.63, 3.8) is 0 Å². The Morgan fingerprint density at radius 2 is 1.83 bits per heavy atom. The van der Waals surface area contributed by atoms with Crippen LogP contribution in [0.4, 0.5) is 10.5 Å². The highest BCUT2D eigenvalue weighted by Crippen LogP contribution is 2.47. The van der Waals surface area contributed by atoms with Crippen molar-refractivity contribution in [3.05, 3.63) is 36.4 Å². The normalized spacial score (nSPS) is 21.8. The van der Waals surface area contributed by atoms with Gasteiger partial charge in [0.15, 0.2) is 0 Å². The van der Waals surface area contributed by atoms with Gasteiger partial charge in [0.1, 0.15) is 0 Å². The summed E-state index contributed by atoms with van der Waals surface area (Å²) in [6.45, 7) is 8.18. The van der Waals surface area contributed by atoms with Crippen LogP contribution in [-0.2, 0) is 4.79 Å². The van der Waals surface area contributed by atoms with E-state index in [1.807, 2.05) is 57.2 Å². The lowest BCUT2D eigenvalue weighted by Gasteiger charge is -2.40. The molecule has 1 N–H and O–H groups in total. The monoisotopic (exact) mass is 415 g/mol. The van der Waals surface area contributed by atoms with Crippen LogP contribution in [0, 0.1) is 11.3 Å². The van der Waals surface area contributed by atoms with Crippen LogP contribution in [-0.4, -0.2) is 23.2 Å². The number of anilines is 1. The van der Waals surface area contributed by atoms with Crippen LogP contribution < -0.4 is 9.64 Å². The Morgan fingerprint density at radius 3 is 2.38 bits per heavy atom. The summed E-state index contributed by atoms with van der Waals surface area (Å²) in [6.07, 6.45) is 2.39. The molecule has 0 atom stereocenters. The minimum atomic E-state index is -1.37. The molecule has 1 aromatic carbocycles. The number of ether oxygens (including phenoxy) is 1. The summed E-state index contributed by atoms with van der Waals surface area (Å²) in [7, 11) is 0. The summed E-state index contributed by atoms with van der Waals surface area (Å²) in [6, 6.07) is 11.5. The Kier molecular flexibility index (Phi) is 6.32. The smallest absolute Gasteiger partial charge is 0.449 e. The Labute approximate surface area is 176 Å². The maximum Gasteiger partial charge on any atom is 0.512 e. The summed E-state index contributed by atoms with van der Waals surface area (Å²) < 4.78 is 5.11. The molecule has 5 nitrogen and oxygen atoms in total. The molecular formula is C23H29NO4S. The lowest BCUT2D eigenvalue weighted by Crippen LogP contribution is -2.47. The van der Waals surface area contributed by atoms with Gasteiger partial charge in [0.25, 0.3) is 0 Å². The first-order chi connectivity index (χ1) is 13.7. The molecule has 2 aromatic rings. The van der Waals surface area contributed by atoms with E-state index in [1.165, 1.54) is 11.3 Å². The van der Waals surface area contributed by atoms with Gasteiger partial charge >= 0.3 is 6.16 Å². The third kappa shape index (κ3) is 4.64. The minimum Gasteiger partial charge on any atom is -0.449 e. The molecule has 0 radical (unpaired) electrons. The van der Waals surface area contributed by atoms with Crippen molar-refractivity contribution < 1.29 is 19.4 Å². The number of rotatable bonds is 5. The first-order valence-electron chi connectivity index (χ1n) is 10.1. The number of benzene rings is 1. The third-order valence-electron chi connectivity index (χ3n) is 5.81. The zero-order chi connectivity index (χ0) is 21.2. The van der Waals surface area contributed by atoms with Crippen LogP contribution in [0.2, 0.25) is 0 Å². The average molecular weight is 416 g/mol. The van der Waals surface area contributed by atoms with Crippen LogP contribution in [0.1, 0.15) is 53.4 Å². The van der Waals surface area contributed by atoms with Crippen LogP contribution in [0.25, 0.3) is 10.4 Å². The van der Waals surface area contributed by atoms with Gasteiger partial charge in [-0.3, -0.25) is 4.79 Å². The van der Waals surface area contributed by atoms with E-state index in [4.69, 9.17) is 4.74 Å². The van der Waals surface area contributed by atoms with E-state index in [1.54, 1.807) is 4.90 Å². The van der Waals surface area contributed by atoms with Crippen molar-refractivity contribution in [1.29, 1.82) is 0 Å². The first kappa shape index (κ1) is 21.4. The fourth-order valence-electron chi connectivity index (χ4n) is 3.96. The molecular weight excluding hydrogens is 386 g/mol. The van der Waals surface area contributed by atoms with E-state index in [2.05, 4.69) is 6.92 Å². The predicted molar refractivity (Wildman–Crippen MR) is 117 cm³/mol. The van der Waals surface area contributed by atoms with Crippen molar-refractivity contribution in [1.82, 2.24) is 0 Å². The van der Waals surface area contributed by atoms with Gasteiger partial charge in [-0.15, -0.1) is 0 Å². The highest BCUT2D eigenvalue weighted by Gasteiger charge is 2.41. The fraction of sp³-hybridized carbons (Fsp3) is 0.478. The van der Waals surface area contributed by atoms with Crippen LogP contribution in [0.15, 0.2) is 36.4 Å². The zero-order valence-corrected chi connectivity index (χ0v) is 18.3. The molecule has 0 bridgehead atoms. The number of nitrogens with zero attached hydrogens (tertiary/aromatic N) is 1. The first-order valence-corrected chi connectivity index (χ1v) is 11.0. The zero-order valence-electron chi connectivity index (χ0n) is 17.5. The van der Waals surface area contributed by atoms with Crippen molar-refractivity contribution >= 4 is 29.1 Å². The topological polar surface area (TPSA) is 66.8 Å². The molecule has 1 heterocycles. The van der Waals surface area contributed by atoms with Crippen molar-refractivity contribution in [2.45, 2.75) is 59.4 Å². The molecule has 1 aliphatic rings. The predicted octanol–water partition coefficient (Wildman–Crippen LogP) is 6.43. The highest BCUT2D eigenvalue weighted by atomic mass is 32.1. The Bertz CT molecular complexity index is 866. The molecule has 1 fully saturated rings. The maximum atomic E-state index is 13.7. The maximum absolute atomic E-state index is 13.7. The second-order valence-electron chi connectivity index (χ2n) is 8.53. The number of carbonyl (C=O) groups excluding carboxylic acids is 1. The number of carboxylic acid groups (broad SMARTS) is 1. The molecule has 6 heteroatoms. The van der Waals surface area contributed by atoms with Gasteiger partial charge in [-0.05, 0) is 57.1 Å². The number of hydrogen-bond donors (Lipinski definition) is 1. The van der Waals surface area contributed by atoms with Crippen LogP contribution in [0.3, 0.4) is 0 Å². The van der Waals surface area contributed by atoms with Crippen molar-refractivity contribution in [2.75, 3.05) is 4.90 Å². The standard InChI is InChI=1S/C23H29NO4S/c1-15(2)24(21(25)23(4)12-10-16(3)11-13-23)18-14-19(17-8-6-5-7-9-17)29-20(18)28-22(26)27/h5-9,14-16H,10-13H2,1-4H3,(H,26,27). The fourth-order valence-corrected chi connectivity index (χ4v) is 4.95. The molecule has 1 aliphatic carbocycles. The van der Waals surface area contributed by atoms with Gasteiger partial charge in [-0.25, -0.2) is 4.79 Å². The van der Waals surface area contributed by atoms with E-state index in [0.717, 1.165) is 36.1 Å². The van der Waals surface area contributed by atoms with Crippen molar-refractivity contribution in [3.8, 4) is 15.5 Å². The molecule has 1 saturated carbocycles. The third-order valence-corrected chi connectivity index (χ3v) is 6.86. The molecule has 1 aromatic heterocycles. The quantitative estimate of drug-likeness (QED) is 0.571. The second-order valence-corrected chi connectivity index (χ2v) is 9.54. The summed E-state index contributed by atoms with van der Waals surface area (Å²) in [4.78, 5) is 27.6. The molecule has 29 heavy (non-hydrogen) atoms. The molecule has 0 unspecified atom stereocenters. The number of carbonyl (C=O) groups is 2. The van der Waals surface area contributed by atoms with E-state index in [0.29, 0.717) is 11.6 Å². The van der Waals surface area contributed by atoms with Gasteiger partial charge in [0.2, 0.25) is 11.0 Å². The largest absolute Gasteiger partial charge is 0.512 e. The number of amides is 1. The Hall–Kier alpha value is -2.34. The van der Waals surface area contributed by atoms with Gasteiger partial charge in [-0.2, -0.15) is 0 Å². The number of hydrogen-bond acceptors (Lipinski definition) is 4. The SMILES string of the molecule is CC1CCC(C)(C(=O)N(c2cc(-c3ccccc3)sc2OC(=O)O)C(C)C)CC1. The van der Waals surface area contributed by atoms with E-state index in [-0.39, 0.29) is 17.0 Å².